The number of primary amides is 1. The minimum absolute atomic E-state index is 0.0312. The van der Waals surface area contributed by atoms with Crippen molar-refractivity contribution < 1.29 is 9.53 Å². The van der Waals surface area contributed by atoms with Gasteiger partial charge < -0.3 is 10.5 Å². The highest BCUT2D eigenvalue weighted by molar-refractivity contribution is 5.75. The van der Waals surface area contributed by atoms with Crippen molar-refractivity contribution in [2.75, 3.05) is 6.61 Å². The lowest BCUT2D eigenvalue weighted by Gasteiger charge is -1.92. The summed E-state index contributed by atoms with van der Waals surface area (Å²) in [6.45, 7) is 1.95. The third-order valence-corrected chi connectivity index (χ3v) is 0.654. The molecule has 2 N–H and O–H groups in total. The maximum atomic E-state index is 10.0. The lowest BCUT2D eigenvalue weighted by Crippen LogP contribution is -2.16. The van der Waals surface area contributed by atoms with E-state index in [2.05, 4.69) is 4.74 Å². The molecule has 0 aromatic heterocycles. The third kappa shape index (κ3) is 7.01. The second-order valence-electron chi connectivity index (χ2n) is 1.56. The molecule has 0 saturated heterocycles. The van der Waals surface area contributed by atoms with E-state index in [-0.39, 0.29) is 6.61 Å². The minimum atomic E-state index is -0.448. The van der Waals surface area contributed by atoms with Crippen molar-refractivity contribution in [1.29, 1.82) is 0 Å². The number of carbonyl (C=O) groups excluding carboxylic acids is 1. The van der Waals surface area contributed by atoms with E-state index in [0.29, 0.717) is 0 Å². The van der Waals surface area contributed by atoms with E-state index in [1.807, 2.05) is 13.0 Å². The number of hydrogen-bond acceptors (Lipinski definition) is 2. The Morgan fingerprint density at radius 2 is 2.44 bits per heavy atom. The number of hydrogen-bond donors (Lipinski definition) is 1. The van der Waals surface area contributed by atoms with Gasteiger partial charge in [-0.1, -0.05) is 13.0 Å². The van der Waals surface area contributed by atoms with Crippen LogP contribution in [0.5, 0.6) is 0 Å². The standard InChI is InChI=1S/C6H11NO2/c1-2-3-4-9-5-6(7)8/h3-4H,2,5H2,1H3,(H2,7,8)/b4-3+. The molecule has 9 heavy (non-hydrogen) atoms. The fourth-order valence-corrected chi connectivity index (χ4v) is 0.295. The van der Waals surface area contributed by atoms with Crippen LogP contribution in [0.4, 0.5) is 0 Å². The molecule has 0 radical (unpaired) electrons. The molecule has 0 saturated carbocycles. The van der Waals surface area contributed by atoms with E-state index in [1.165, 1.54) is 6.26 Å². The molecule has 0 aliphatic carbocycles. The molecule has 0 heterocycles. The molecular formula is C6H11NO2. The van der Waals surface area contributed by atoms with Gasteiger partial charge >= 0.3 is 0 Å². The maximum Gasteiger partial charge on any atom is 0.255 e. The minimum Gasteiger partial charge on any atom is -0.492 e. The molecule has 0 aromatic rings. The zero-order valence-electron chi connectivity index (χ0n) is 5.46. The van der Waals surface area contributed by atoms with Crippen molar-refractivity contribution in [3.8, 4) is 0 Å². The molecule has 3 nitrogen and oxygen atoms in total. The van der Waals surface area contributed by atoms with E-state index in [0.717, 1.165) is 6.42 Å². The molecule has 1 amide bonds. The second kappa shape index (κ2) is 5.15. The molecule has 0 aliphatic rings. The molecule has 0 atom stereocenters. The molecule has 0 rings (SSSR count). The zero-order valence-corrected chi connectivity index (χ0v) is 5.46. The number of carbonyl (C=O) groups is 1. The van der Waals surface area contributed by atoms with Gasteiger partial charge in [-0.15, -0.1) is 0 Å². The summed E-state index contributed by atoms with van der Waals surface area (Å²) < 4.78 is 4.68. The van der Waals surface area contributed by atoms with Crippen LogP contribution in [0, 0.1) is 0 Å². The third-order valence-electron chi connectivity index (χ3n) is 0.654. The first-order valence-corrected chi connectivity index (χ1v) is 2.82. The van der Waals surface area contributed by atoms with E-state index in [4.69, 9.17) is 5.73 Å². The van der Waals surface area contributed by atoms with E-state index >= 15 is 0 Å². The van der Waals surface area contributed by atoms with Crippen molar-refractivity contribution >= 4 is 5.91 Å². The van der Waals surface area contributed by atoms with Gasteiger partial charge in [0.15, 0.2) is 6.61 Å². The van der Waals surface area contributed by atoms with Crippen LogP contribution in [-0.4, -0.2) is 12.5 Å². The molecule has 0 aromatic carbocycles. The van der Waals surface area contributed by atoms with Gasteiger partial charge in [0.05, 0.1) is 6.26 Å². The molecule has 52 valence electrons. The predicted octanol–water partition coefficient (Wildman–Crippen LogP) is 0.412. The SMILES string of the molecule is CC/C=C/OCC(N)=O. The Bertz CT molecular complexity index is 110. The highest BCUT2D eigenvalue weighted by Crippen LogP contribution is 1.80. The average Bonchev–Trinajstić information content (AvgIpc) is 1.80. The van der Waals surface area contributed by atoms with Crippen LogP contribution in [-0.2, 0) is 9.53 Å². The first kappa shape index (κ1) is 8.01. The monoisotopic (exact) mass is 129 g/mol. The number of nitrogens with two attached hydrogens (primary N) is 1. The summed E-state index contributed by atoms with van der Waals surface area (Å²) in [5.41, 5.74) is 4.78. The van der Waals surface area contributed by atoms with Crippen molar-refractivity contribution in [3.63, 3.8) is 0 Å². The van der Waals surface area contributed by atoms with Gasteiger partial charge in [0, 0.05) is 0 Å². The van der Waals surface area contributed by atoms with Gasteiger partial charge in [-0.25, -0.2) is 0 Å². The van der Waals surface area contributed by atoms with Gasteiger partial charge in [-0.3, -0.25) is 4.79 Å². The number of rotatable bonds is 4. The molecule has 3 heteroatoms. The van der Waals surface area contributed by atoms with Gasteiger partial charge in [0.1, 0.15) is 0 Å². The number of amides is 1. The summed E-state index contributed by atoms with van der Waals surface area (Å²) in [7, 11) is 0. The predicted molar refractivity (Wildman–Crippen MR) is 34.6 cm³/mol. The first-order valence-electron chi connectivity index (χ1n) is 2.82. The largest absolute Gasteiger partial charge is 0.492 e. The summed E-state index contributed by atoms with van der Waals surface area (Å²) in [5.74, 6) is -0.448. The van der Waals surface area contributed by atoms with Crippen molar-refractivity contribution in [1.82, 2.24) is 0 Å². The van der Waals surface area contributed by atoms with Crippen LogP contribution in [0.2, 0.25) is 0 Å². The lowest BCUT2D eigenvalue weighted by atomic mass is 10.5. The second-order valence-corrected chi connectivity index (χ2v) is 1.56. The highest BCUT2D eigenvalue weighted by Gasteiger charge is 1.87. The van der Waals surface area contributed by atoms with Crippen molar-refractivity contribution in [2.24, 2.45) is 5.73 Å². The van der Waals surface area contributed by atoms with Crippen molar-refractivity contribution in [3.05, 3.63) is 12.3 Å². The van der Waals surface area contributed by atoms with E-state index < -0.39 is 5.91 Å². The first-order chi connectivity index (χ1) is 4.27. The quantitative estimate of drug-likeness (QED) is 0.559. The fourth-order valence-electron chi connectivity index (χ4n) is 0.295. The fraction of sp³-hybridized carbons (Fsp3) is 0.500. The summed E-state index contributed by atoms with van der Waals surface area (Å²) in [6.07, 6.45) is 4.19. The molecule has 0 unspecified atom stereocenters. The van der Waals surface area contributed by atoms with Crippen LogP contribution < -0.4 is 5.73 Å². The van der Waals surface area contributed by atoms with E-state index in [9.17, 15) is 4.79 Å². The van der Waals surface area contributed by atoms with Crippen LogP contribution in [0.25, 0.3) is 0 Å². The normalized spacial score (nSPS) is 9.89. The van der Waals surface area contributed by atoms with Gasteiger partial charge in [-0.05, 0) is 6.42 Å². The lowest BCUT2D eigenvalue weighted by molar-refractivity contribution is -0.120. The Kier molecular flexibility index (Phi) is 4.59. The number of ether oxygens (including phenoxy) is 1. The van der Waals surface area contributed by atoms with Gasteiger partial charge in [-0.2, -0.15) is 0 Å². The number of allylic oxidation sites excluding steroid dienone is 1. The topological polar surface area (TPSA) is 52.3 Å². The Balaban J connectivity index is 3.09. The molecule has 0 aliphatic heterocycles. The van der Waals surface area contributed by atoms with Crippen molar-refractivity contribution in [2.45, 2.75) is 13.3 Å². The summed E-state index contributed by atoms with van der Waals surface area (Å²) >= 11 is 0. The molecule has 0 spiro atoms. The van der Waals surface area contributed by atoms with Crippen LogP contribution in [0.3, 0.4) is 0 Å². The zero-order chi connectivity index (χ0) is 7.11. The molecule has 0 bridgehead atoms. The smallest absolute Gasteiger partial charge is 0.255 e. The van der Waals surface area contributed by atoms with Crippen LogP contribution in [0.1, 0.15) is 13.3 Å². The van der Waals surface area contributed by atoms with Crippen LogP contribution >= 0.6 is 0 Å². The maximum absolute atomic E-state index is 10.0. The Hall–Kier alpha value is -0.990. The van der Waals surface area contributed by atoms with Gasteiger partial charge in [0.25, 0.3) is 5.91 Å². The Morgan fingerprint density at radius 1 is 1.78 bits per heavy atom. The van der Waals surface area contributed by atoms with E-state index in [1.54, 1.807) is 0 Å². The molecule has 0 fully saturated rings. The van der Waals surface area contributed by atoms with Crippen LogP contribution in [0.15, 0.2) is 12.3 Å². The summed E-state index contributed by atoms with van der Waals surface area (Å²) in [4.78, 5) is 10.0. The summed E-state index contributed by atoms with van der Waals surface area (Å²) in [5, 5.41) is 0. The Morgan fingerprint density at radius 3 is 2.89 bits per heavy atom. The average molecular weight is 129 g/mol. The molecular weight excluding hydrogens is 118 g/mol. The van der Waals surface area contributed by atoms with Gasteiger partial charge in [0.2, 0.25) is 0 Å². The highest BCUT2D eigenvalue weighted by atomic mass is 16.5. The summed E-state index contributed by atoms with van der Waals surface area (Å²) in [6, 6.07) is 0. The Labute approximate surface area is 54.5 Å².